The van der Waals surface area contributed by atoms with Crippen molar-refractivity contribution in [2.45, 2.75) is 18.9 Å². The molecule has 1 atom stereocenters. The van der Waals surface area contributed by atoms with Gasteiger partial charge in [-0.05, 0) is 18.4 Å². The zero-order chi connectivity index (χ0) is 11.3. The van der Waals surface area contributed by atoms with E-state index in [-0.39, 0.29) is 5.75 Å². The number of benzene rings is 1. The van der Waals surface area contributed by atoms with Gasteiger partial charge < -0.3 is 5.73 Å². The molecule has 0 saturated heterocycles. The van der Waals surface area contributed by atoms with Crippen molar-refractivity contribution in [3.8, 4) is 0 Å². The molecule has 0 heterocycles. The van der Waals surface area contributed by atoms with Crippen LogP contribution in [0.5, 0.6) is 0 Å². The fraction of sp³-hybridized carbons (Fsp3) is 0.400. The van der Waals surface area contributed by atoms with E-state index in [2.05, 4.69) is 0 Å². The van der Waals surface area contributed by atoms with Crippen molar-refractivity contribution in [3.05, 3.63) is 35.9 Å². The van der Waals surface area contributed by atoms with Crippen LogP contribution in [0.25, 0.3) is 0 Å². The second-order valence-corrected chi connectivity index (χ2v) is 5.03. The fourth-order valence-corrected chi connectivity index (χ4v) is 2.06. The lowest BCUT2D eigenvalue weighted by Gasteiger charge is -2.08. The minimum absolute atomic E-state index is 0.375. The largest absolute Gasteiger partial charge is 0.327 e. The smallest absolute Gasteiger partial charge is 0.266 e. The molecule has 0 fully saturated rings. The molecule has 1 unspecified atom stereocenters. The predicted molar refractivity (Wildman–Crippen MR) is 59.2 cm³/mol. The van der Waals surface area contributed by atoms with Crippen LogP contribution in [0, 0.1) is 0 Å². The SMILES string of the molecule is NC(CCc1ccccc1)CS(=O)(=O)O. The Morgan fingerprint density at radius 2 is 1.87 bits per heavy atom. The highest BCUT2D eigenvalue weighted by Crippen LogP contribution is 2.04. The summed E-state index contributed by atoms with van der Waals surface area (Å²) >= 11 is 0. The van der Waals surface area contributed by atoms with Gasteiger partial charge in [0.25, 0.3) is 10.1 Å². The van der Waals surface area contributed by atoms with Gasteiger partial charge in [-0.3, -0.25) is 4.55 Å². The average Bonchev–Trinajstić information content (AvgIpc) is 2.14. The standard InChI is InChI=1S/C10H15NO3S/c11-10(8-15(12,13)14)7-6-9-4-2-1-3-5-9/h1-5,10H,6-8,11H2,(H,12,13,14). The molecule has 1 aromatic rings. The summed E-state index contributed by atoms with van der Waals surface area (Å²) in [5.41, 5.74) is 6.68. The molecule has 0 aliphatic rings. The van der Waals surface area contributed by atoms with E-state index in [1.165, 1.54) is 0 Å². The Morgan fingerprint density at radius 1 is 1.27 bits per heavy atom. The van der Waals surface area contributed by atoms with Crippen LogP contribution in [0.4, 0.5) is 0 Å². The van der Waals surface area contributed by atoms with Crippen LogP contribution in [0.2, 0.25) is 0 Å². The Hall–Kier alpha value is -0.910. The van der Waals surface area contributed by atoms with Crippen molar-refractivity contribution in [3.63, 3.8) is 0 Å². The van der Waals surface area contributed by atoms with Crippen LogP contribution in [-0.2, 0) is 16.5 Å². The van der Waals surface area contributed by atoms with Gasteiger partial charge in [-0.25, -0.2) is 0 Å². The summed E-state index contributed by atoms with van der Waals surface area (Å²) in [4.78, 5) is 0. The highest BCUT2D eigenvalue weighted by atomic mass is 32.2. The summed E-state index contributed by atoms with van der Waals surface area (Å²) in [5.74, 6) is -0.375. The van der Waals surface area contributed by atoms with Gasteiger partial charge in [0.15, 0.2) is 0 Å². The first kappa shape index (κ1) is 12.2. The number of rotatable bonds is 5. The Labute approximate surface area is 89.9 Å². The highest BCUT2D eigenvalue weighted by Gasteiger charge is 2.12. The maximum absolute atomic E-state index is 10.5. The second kappa shape index (κ2) is 5.25. The lowest BCUT2D eigenvalue weighted by Crippen LogP contribution is -2.29. The van der Waals surface area contributed by atoms with Gasteiger partial charge in [0, 0.05) is 6.04 Å². The number of nitrogens with two attached hydrogens (primary N) is 1. The molecule has 0 bridgehead atoms. The molecule has 0 aromatic heterocycles. The summed E-state index contributed by atoms with van der Waals surface area (Å²) in [6.07, 6.45) is 1.27. The van der Waals surface area contributed by atoms with Gasteiger partial charge in [-0.15, -0.1) is 0 Å². The van der Waals surface area contributed by atoms with Gasteiger partial charge >= 0.3 is 0 Å². The van der Waals surface area contributed by atoms with Crippen LogP contribution in [0.3, 0.4) is 0 Å². The molecule has 3 N–H and O–H groups in total. The Kier molecular flexibility index (Phi) is 4.26. The first-order chi connectivity index (χ1) is 6.97. The van der Waals surface area contributed by atoms with Crippen molar-refractivity contribution >= 4 is 10.1 Å². The van der Waals surface area contributed by atoms with E-state index >= 15 is 0 Å². The van der Waals surface area contributed by atoms with Crippen molar-refractivity contribution in [1.82, 2.24) is 0 Å². The first-order valence-corrected chi connectivity index (χ1v) is 6.33. The summed E-state index contributed by atoms with van der Waals surface area (Å²) in [6, 6.07) is 9.16. The lowest BCUT2D eigenvalue weighted by atomic mass is 10.1. The molecule has 0 spiro atoms. The van der Waals surface area contributed by atoms with Gasteiger partial charge in [0.1, 0.15) is 0 Å². The molecule has 0 saturated carbocycles. The van der Waals surface area contributed by atoms with E-state index in [1.54, 1.807) is 0 Å². The maximum Gasteiger partial charge on any atom is 0.266 e. The van der Waals surface area contributed by atoms with Crippen LogP contribution >= 0.6 is 0 Å². The van der Waals surface area contributed by atoms with E-state index in [9.17, 15) is 8.42 Å². The predicted octanol–water partition coefficient (Wildman–Crippen LogP) is 0.834. The summed E-state index contributed by atoms with van der Waals surface area (Å²) in [7, 11) is -3.95. The topological polar surface area (TPSA) is 80.4 Å². The molecule has 5 heteroatoms. The highest BCUT2D eigenvalue weighted by molar-refractivity contribution is 7.85. The zero-order valence-electron chi connectivity index (χ0n) is 8.33. The number of hydrogen-bond donors (Lipinski definition) is 2. The van der Waals surface area contributed by atoms with Crippen LogP contribution in [0.1, 0.15) is 12.0 Å². The molecule has 1 aromatic carbocycles. The van der Waals surface area contributed by atoms with Crippen molar-refractivity contribution < 1.29 is 13.0 Å². The third-order valence-electron chi connectivity index (χ3n) is 2.07. The van der Waals surface area contributed by atoms with E-state index in [1.807, 2.05) is 30.3 Å². The van der Waals surface area contributed by atoms with E-state index in [0.717, 1.165) is 12.0 Å². The maximum atomic E-state index is 10.5. The minimum Gasteiger partial charge on any atom is -0.327 e. The molecular formula is C10H15NO3S. The Morgan fingerprint density at radius 3 is 2.40 bits per heavy atom. The third-order valence-corrected chi connectivity index (χ3v) is 2.92. The van der Waals surface area contributed by atoms with E-state index < -0.39 is 16.2 Å². The van der Waals surface area contributed by atoms with Crippen molar-refractivity contribution in [1.29, 1.82) is 0 Å². The minimum atomic E-state index is -3.95. The second-order valence-electron chi connectivity index (χ2n) is 3.53. The summed E-state index contributed by atoms with van der Waals surface area (Å²) in [6.45, 7) is 0. The average molecular weight is 229 g/mol. The fourth-order valence-electron chi connectivity index (χ4n) is 1.35. The lowest BCUT2D eigenvalue weighted by molar-refractivity contribution is 0.474. The van der Waals surface area contributed by atoms with Gasteiger partial charge in [-0.2, -0.15) is 8.42 Å². The van der Waals surface area contributed by atoms with Crippen LogP contribution in [-0.4, -0.2) is 24.8 Å². The van der Waals surface area contributed by atoms with Crippen molar-refractivity contribution in [2.75, 3.05) is 5.75 Å². The van der Waals surface area contributed by atoms with Gasteiger partial charge in [0.05, 0.1) is 5.75 Å². The number of hydrogen-bond acceptors (Lipinski definition) is 3. The third kappa shape index (κ3) is 5.51. The van der Waals surface area contributed by atoms with Crippen LogP contribution < -0.4 is 5.73 Å². The molecule has 0 radical (unpaired) electrons. The summed E-state index contributed by atoms with van der Waals surface area (Å²) in [5, 5.41) is 0. The molecule has 15 heavy (non-hydrogen) atoms. The molecule has 0 amide bonds. The van der Waals surface area contributed by atoms with Gasteiger partial charge in [-0.1, -0.05) is 30.3 Å². The van der Waals surface area contributed by atoms with Gasteiger partial charge in [0.2, 0.25) is 0 Å². The Balaban J connectivity index is 2.38. The zero-order valence-corrected chi connectivity index (χ0v) is 9.15. The summed E-state index contributed by atoms with van der Waals surface area (Å²) < 4.78 is 29.6. The molecule has 0 aliphatic heterocycles. The number of aryl methyl sites for hydroxylation is 1. The molecule has 84 valence electrons. The molecule has 1 rings (SSSR count). The van der Waals surface area contributed by atoms with E-state index in [4.69, 9.17) is 10.3 Å². The Bertz CT molecular complexity index is 388. The normalized spacial score (nSPS) is 13.7. The quantitative estimate of drug-likeness (QED) is 0.733. The molecule has 0 aliphatic carbocycles. The van der Waals surface area contributed by atoms with Crippen LogP contribution in [0.15, 0.2) is 30.3 Å². The first-order valence-electron chi connectivity index (χ1n) is 4.72. The molecule has 4 nitrogen and oxygen atoms in total. The monoisotopic (exact) mass is 229 g/mol. The molecular weight excluding hydrogens is 214 g/mol. The van der Waals surface area contributed by atoms with E-state index in [0.29, 0.717) is 6.42 Å². The van der Waals surface area contributed by atoms with Crippen molar-refractivity contribution in [2.24, 2.45) is 5.73 Å².